The van der Waals surface area contributed by atoms with E-state index in [0.717, 1.165) is 37.6 Å². The van der Waals surface area contributed by atoms with Crippen LogP contribution in [0.1, 0.15) is 32.3 Å². The molecule has 94 valence electrons. The highest BCUT2D eigenvalue weighted by Crippen LogP contribution is 2.29. The topological polar surface area (TPSA) is 21.3 Å². The van der Waals surface area contributed by atoms with Crippen molar-refractivity contribution in [3.63, 3.8) is 0 Å². The number of para-hydroxylation sites is 1. The van der Waals surface area contributed by atoms with Gasteiger partial charge >= 0.3 is 0 Å². The zero-order valence-electron chi connectivity index (χ0n) is 10.9. The van der Waals surface area contributed by atoms with Gasteiger partial charge in [0.1, 0.15) is 11.9 Å². The molecule has 0 bridgehead atoms. The van der Waals surface area contributed by atoms with Gasteiger partial charge < -0.3 is 10.1 Å². The first-order chi connectivity index (χ1) is 8.25. The standard InChI is InChI=1S/C15H23NO/c1-12(2)11-16-9-5-7-14-10-13-6-3-4-8-15(13)17-14/h3-4,6,8,12,14,16H,5,7,9-11H2,1-2H3. The minimum Gasteiger partial charge on any atom is -0.490 e. The normalized spacial score (nSPS) is 18.2. The second kappa shape index (κ2) is 6.06. The van der Waals surface area contributed by atoms with Gasteiger partial charge in [-0.15, -0.1) is 0 Å². The van der Waals surface area contributed by atoms with Gasteiger partial charge in [0.05, 0.1) is 0 Å². The second-order valence-electron chi connectivity index (χ2n) is 5.29. The maximum absolute atomic E-state index is 5.91. The van der Waals surface area contributed by atoms with Crippen LogP contribution in [0.4, 0.5) is 0 Å². The Morgan fingerprint density at radius 3 is 2.94 bits per heavy atom. The molecule has 0 radical (unpaired) electrons. The summed E-state index contributed by atoms with van der Waals surface area (Å²) in [6, 6.07) is 8.39. The molecule has 1 aromatic rings. The van der Waals surface area contributed by atoms with E-state index >= 15 is 0 Å². The van der Waals surface area contributed by atoms with Crippen LogP contribution in [0.5, 0.6) is 5.75 Å². The average Bonchev–Trinajstić information content (AvgIpc) is 2.70. The second-order valence-corrected chi connectivity index (χ2v) is 5.29. The van der Waals surface area contributed by atoms with Gasteiger partial charge in [0.15, 0.2) is 0 Å². The molecule has 17 heavy (non-hydrogen) atoms. The molecule has 1 aromatic carbocycles. The van der Waals surface area contributed by atoms with Gasteiger partial charge in [0.25, 0.3) is 0 Å². The highest BCUT2D eigenvalue weighted by molar-refractivity contribution is 5.37. The molecule has 0 aliphatic carbocycles. The molecule has 2 nitrogen and oxygen atoms in total. The Hall–Kier alpha value is -1.02. The highest BCUT2D eigenvalue weighted by Gasteiger charge is 2.21. The summed E-state index contributed by atoms with van der Waals surface area (Å²) in [5.74, 6) is 1.83. The molecular formula is C15H23NO. The van der Waals surface area contributed by atoms with E-state index in [1.165, 1.54) is 12.0 Å². The van der Waals surface area contributed by atoms with Gasteiger partial charge in [-0.05, 0) is 43.5 Å². The smallest absolute Gasteiger partial charge is 0.123 e. The van der Waals surface area contributed by atoms with Crippen molar-refractivity contribution in [3.8, 4) is 5.75 Å². The maximum atomic E-state index is 5.91. The number of rotatable bonds is 6. The average molecular weight is 233 g/mol. The van der Waals surface area contributed by atoms with Gasteiger partial charge in [0, 0.05) is 6.42 Å². The fourth-order valence-corrected chi connectivity index (χ4v) is 2.26. The lowest BCUT2D eigenvalue weighted by Gasteiger charge is -2.11. The molecule has 0 amide bonds. The summed E-state index contributed by atoms with van der Waals surface area (Å²) in [5, 5.41) is 3.47. The van der Waals surface area contributed by atoms with E-state index in [9.17, 15) is 0 Å². The Bertz CT molecular complexity index is 324. The third-order valence-corrected chi connectivity index (χ3v) is 3.15. The fraction of sp³-hybridized carbons (Fsp3) is 0.600. The first-order valence-corrected chi connectivity index (χ1v) is 6.71. The third-order valence-electron chi connectivity index (χ3n) is 3.15. The fourth-order valence-electron chi connectivity index (χ4n) is 2.26. The van der Waals surface area contributed by atoms with Crippen molar-refractivity contribution in [2.24, 2.45) is 5.92 Å². The van der Waals surface area contributed by atoms with Gasteiger partial charge in [0.2, 0.25) is 0 Å². The van der Waals surface area contributed by atoms with Gasteiger partial charge in [-0.1, -0.05) is 32.0 Å². The van der Waals surface area contributed by atoms with Crippen LogP contribution in [-0.4, -0.2) is 19.2 Å². The molecule has 1 aliphatic rings. The van der Waals surface area contributed by atoms with Crippen LogP contribution >= 0.6 is 0 Å². The highest BCUT2D eigenvalue weighted by atomic mass is 16.5. The van der Waals surface area contributed by atoms with Crippen molar-refractivity contribution in [1.29, 1.82) is 0 Å². The molecule has 0 saturated carbocycles. The molecule has 1 N–H and O–H groups in total. The Morgan fingerprint density at radius 2 is 2.18 bits per heavy atom. The summed E-state index contributed by atoms with van der Waals surface area (Å²) in [5.41, 5.74) is 1.37. The van der Waals surface area contributed by atoms with Crippen molar-refractivity contribution in [1.82, 2.24) is 5.32 Å². The van der Waals surface area contributed by atoms with E-state index in [1.807, 2.05) is 6.07 Å². The molecule has 1 aliphatic heterocycles. The van der Waals surface area contributed by atoms with E-state index in [-0.39, 0.29) is 0 Å². The molecule has 1 unspecified atom stereocenters. The van der Waals surface area contributed by atoms with Crippen LogP contribution in [0.3, 0.4) is 0 Å². The minimum absolute atomic E-state index is 0.397. The van der Waals surface area contributed by atoms with Crippen molar-refractivity contribution in [2.75, 3.05) is 13.1 Å². The first kappa shape index (κ1) is 12.4. The third kappa shape index (κ3) is 3.74. The van der Waals surface area contributed by atoms with E-state index in [2.05, 4.69) is 37.4 Å². The van der Waals surface area contributed by atoms with Crippen LogP contribution in [-0.2, 0) is 6.42 Å². The molecule has 1 heterocycles. The van der Waals surface area contributed by atoms with Crippen molar-refractivity contribution < 1.29 is 4.74 Å². The van der Waals surface area contributed by atoms with Crippen molar-refractivity contribution in [2.45, 2.75) is 39.2 Å². The van der Waals surface area contributed by atoms with Crippen molar-refractivity contribution >= 4 is 0 Å². The Labute approximate surface area is 104 Å². The van der Waals surface area contributed by atoms with Crippen LogP contribution in [0.25, 0.3) is 0 Å². The predicted octanol–water partition coefficient (Wildman–Crippen LogP) is 3.02. The Balaban J connectivity index is 1.63. The summed E-state index contributed by atoms with van der Waals surface area (Å²) < 4.78 is 5.91. The Kier molecular flexibility index (Phi) is 4.43. The Morgan fingerprint density at radius 1 is 1.35 bits per heavy atom. The molecule has 0 fully saturated rings. The lowest BCUT2D eigenvalue weighted by atomic mass is 10.1. The quantitative estimate of drug-likeness (QED) is 0.763. The molecule has 2 rings (SSSR count). The lowest BCUT2D eigenvalue weighted by Crippen LogP contribution is -2.22. The summed E-state index contributed by atoms with van der Waals surface area (Å²) in [7, 11) is 0. The van der Waals surface area contributed by atoms with E-state index in [0.29, 0.717) is 6.10 Å². The van der Waals surface area contributed by atoms with Gasteiger partial charge in [-0.3, -0.25) is 0 Å². The SMILES string of the molecule is CC(C)CNCCCC1Cc2ccccc2O1. The molecule has 0 spiro atoms. The summed E-state index contributed by atoms with van der Waals surface area (Å²) in [6.07, 6.45) is 3.83. The summed E-state index contributed by atoms with van der Waals surface area (Å²) in [6.45, 7) is 6.70. The summed E-state index contributed by atoms with van der Waals surface area (Å²) in [4.78, 5) is 0. The summed E-state index contributed by atoms with van der Waals surface area (Å²) >= 11 is 0. The van der Waals surface area contributed by atoms with Crippen molar-refractivity contribution in [3.05, 3.63) is 29.8 Å². The predicted molar refractivity (Wildman–Crippen MR) is 71.5 cm³/mol. The van der Waals surface area contributed by atoms with Crippen LogP contribution in [0.2, 0.25) is 0 Å². The van der Waals surface area contributed by atoms with Gasteiger partial charge in [-0.2, -0.15) is 0 Å². The van der Waals surface area contributed by atoms with Crippen LogP contribution in [0, 0.1) is 5.92 Å². The van der Waals surface area contributed by atoms with Crippen LogP contribution < -0.4 is 10.1 Å². The number of benzene rings is 1. The zero-order chi connectivity index (χ0) is 12.1. The largest absolute Gasteiger partial charge is 0.490 e. The minimum atomic E-state index is 0.397. The molecule has 0 aromatic heterocycles. The van der Waals surface area contributed by atoms with E-state index in [1.54, 1.807) is 0 Å². The molecule has 2 heteroatoms. The zero-order valence-corrected chi connectivity index (χ0v) is 10.9. The monoisotopic (exact) mass is 233 g/mol. The lowest BCUT2D eigenvalue weighted by molar-refractivity contribution is 0.217. The molecular weight excluding hydrogens is 210 g/mol. The maximum Gasteiger partial charge on any atom is 0.123 e. The first-order valence-electron chi connectivity index (χ1n) is 6.71. The van der Waals surface area contributed by atoms with E-state index < -0.39 is 0 Å². The number of hydrogen-bond donors (Lipinski definition) is 1. The van der Waals surface area contributed by atoms with Gasteiger partial charge in [-0.25, -0.2) is 0 Å². The van der Waals surface area contributed by atoms with E-state index in [4.69, 9.17) is 4.74 Å². The molecule has 1 atom stereocenters. The number of nitrogens with one attached hydrogen (secondary N) is 1. The molecule has 0 saturated heterocycles. The number of hydrogen-bond acceptors (Lipinski definition) is 2. The number of fused-ring (bicyclic) bond motifs is 1. The number of ether oxygens (including phenoxy) is 1. The van der Waals surface area contributed by atoms with Crippen LogP contribution in [0.15, 0.2) is 24.3 Å².